The molecule has 31 heavy (non-hydrogen) atoms. The number of sulfonamides is 1. The smallest absolute Gasteiger partial charge is 0.261 e. The van der Waals surface area contributed by atoms with E-state index in [0.29, 0.717) is 17.9 Å². The Hall–Kier alpha value is -3.32. The zero-order valence-corrected chi connectivity index (χ0v) is 18.6. The molecule has 1 atom stereocenters. The minimum atomic E-state index is -3.74. The molecule has 2 N–H and O–H groups in total. The third-order valence-corrected chi connectivity index (χ3v) is 6.07. The summed E-state index contributed by atoms with van der Waals surface area (Å²) in [6, 6.07) is 20.4. The molecule has 0 radical (unpaired) electrons. The molecule has 1 amide bonds. The molecule has 0 fully saturated rings. The van der Waals surface area contributed by atoms with Crippen LogP contribution in [0.25, 0.3) is 0 Å². The van der Waals surface area contributed by atoms with Crippen LogP contribution < -0.4 is 14.8 Å². The lowest BCUT2D eigenvalue weighted by atomic mass is 10.2. The number of anilines is 1. The molecule has 0 spiro atoms. The van der Waals surface area contributed by atoms with Crippen molar-refractivity contribution in [2.45, 2.75) is 31.7 Å². The maximum absolute atomic E-state index is 12.6. The van der Waals surface area contributed by atoms with E-state index in [0.717, 1.165) is 16.9 Å². The van der Waals surface area contributed by atoms with Crippen LogP contribution in [0.5, 0.6) is 5.75 Å². The summed E-state index contributed by atoms with van der Waals surface area (Å²) in [5, 5.41) is 2.87. The second-order valence-electron chi connectivity index (χ2n) is 7.45. The van der Waals surface area contributed by atoms with Crippen molar-refractivity contribution in [3.8, 4) is 5.75 Å². The predicted octanol–water partition coefficient (Wildman–Crippen LogP) is 4.30. The molecule has 0 aliphatic heterocycles. The van der Waals surface area contributed by atoms with E-state index in [1.165, 1.54) is 6.07 Å². The average molecular weight is 439 g/mol. The molecule has 3 aromatic carbocycles. The highest BCUT2D eigenvalue weighted by molar-refractivity contribution is 7.92. The van der Waals surface area contributed by atoms with Crippen molar-refractivity contribution < 1.29 is 17.9 Å². The van der Waals surface area contributed by atoms with E-state index < -0.39 is 10.0 Å². The fourth-order valence-corrected chi connectivity index (χ4v) is 3.99. The molecule has 6 nitrogen and oxygen atoms in total. The highest BCUT2D eigenvalue weighted by Gasteiger charge is 2.16. The van der Waals surface area contributed by atoms with E-state index in [9.17, 15) is 13.2 Å². The van der Waals surface area contributed by atoms with Crippen molar-refractivity contribution in [2.75, 3.05) is 11.3 Å². The third-order valence-electron chi connectivity index (χ3n) is 4.67. The monoisotopic (exact) mass is 438 g/mol. The van der Waals surface area contributed by atoms with E-state index in [1.807, 2.05) is 45.0 Å². The normalized spacial score (nSPS) is 12.1. The van der Waals surface area contributed by atoms with Gasteiger partial charge in [-0.3, -0.25) is 9.52 Å². The summed E-state index contributed by atoms with van der Waals surface area (Å²) in [6.07, 6.45) is 0. The summed E-state index contributed by atoms with van der Waals surface area (Å²) in [5.74, 6) is 0.466. The number of rotatable bonds is 8. The number of nitrogens with one attached hydrogen (secondary N) is 2. The molecule has 0 aliphatic carbocycles. The molecule has 7 heteroatoms. The molecule has 0 heterocycles. The van der Waals surface area contributed by atoms with Crippen LogP contribution in [-0.4, -0.2) is 27.0 Å². The maximum atomic E-state index is 12.6. The van der Waals surface area contributed by atoms with Gasteiger partial charge in [-0.15, -0.1) is 0 Å². The van der Waals surface area contributed by atoms with Gasteiger partial charge in [-0.05, 0) is 62.7 Å². The van der Waals surface area contributed by atoms with Gasteiger partial charge in [-0.25, -0.2) is 8.42 Å². The lowest BCUT2D eigenvalue weighted by Gasteiger charge is -2.16. The summed E-state index contributed by atoms with van der Waals surface area (Å²) in [7, 11) is -3.74. The first-order valence-electron chi connectivity index (χ1n) is 9.93. The highest BCUT2D eigenvalue weighted by atomic mass is 32.2. The van der Waals surface area contributed by atoms with E-state index in [-0.39, 0.29) is 16.8 Å². The molecule has 0 saturated heterocycles. The summed E-state index contributed by atoms with van der Waals surface area (Å²) < 4.78 is 33.5. The standard InChI is InChI=1S/C24H26N2O4S/c1-17-11-13-22(14-12-17)31(28,29)26-21-9-6-8-20(15-21)24(27)25-19(3)16-30-23-10-5-4-7-18(23)2/h4-15,19,26H,16H2,1-3H3,(H,25,27)/t19-/m0/s1. The van der Waals surface area contributed by atoms with Gasteiger partial charge in [0.2, 0.25) is 0 Å². The topological polar surface area (TPSA) is 84.5 Å². The summed E-state index contributed by atoms with van der Waals surface area (Å²) in [4.78, 5) is 12.8. The number of aryl methyl sites for hydroxylation is 2. The van der Waals surface area contributed by atoms with Gasteiger partial charge in [0.15, 0.2) is 0 Å². The van der Waals surface area contributed by atoms with Gasteiger partial charge in [0, 0.05) is 11.3 Å². The Morgan fingerprint density at radius 1 is 0.968 bits per heavy atom. The Morgan fingerprint density at radius 3 is 2.39 bits per heavy atom. The van der Waals surface area contributed by atoms with Crippen molar-refractivity contribution in [3.63, 3.8) is 0 Å². The van der Waals surface area contributed by atoms with Crippen LogP contribution in [0.1, 0.15) is 28.4 Å². The first-order chi connectivity index (χ1) is 14.7. The number of hydrogen-bond donors (Lipinski definition) is 2. The first-order valence-corrected chi connectivity index (χ1v) is 11.4. The quantitative estimate of drug-likeness (QED) is 0.549. The number of amides is 1. The Balaban J connectivity index is 1.63. The molecule has 0 aliphatic rings. The Morgan fingerprint density at radius 2 is 1.68 bits per heavy atom. The Bertz CT molecular complexity index is 1160. The molecule has 0 unspecified atom stereocenters. The van der Waals surface area contributed by atoms with Crippen molar-refractivity contribution in [1.82, 2.24) is 5.32 Å². The van der Waals surface area contributed by atoms with Gasteiger partial charge in [0.1, 0.15) is 12.4 Å². The molecule has 3 rings (SSSR count). The van der Waals surface area contributed by atoms with E-state index in [4.69, 9.17) is 4.74 Å². The molecule has 0 bridgehead atoms. The highest BCUT2D eigenvalue weighted by Crippen LogP contribution is 2.18. The van der Waals surface area contributed by atoms with Crippen LogP contribution in [0.4, 0.5) is 5.69 Å². The van der Waals surface area contributed by atoms with Gasteiger partial charge >= 0.3 is 0 Å². The molecule has 0 aromatic heterocycles. The van der Waals surface area contributed by atoms with Crippen LogP contribution in [0, 0.1) is 13.8 Å². The van der Waals surface area contributed by atoms with Crippen molar-refractivity contribution in [1.29, 1.82) is 0 Å². The molecule has 0 saturated carbocycles. The van der Waals surface area contributed by atoms with Crippen molar-refractivity contribution in [3.05, 3.63) is 89.5 Å². The third kappa shape index (κ3) is 6.08. The number of benzene rings is 3. The van der Waals surface area contributed by atoms with Crippen LogP contribution in [-0.2, 0) is 10.0 Å². The van der Waals surface area contributed by atoms with Crippen LogP contribution in [0.15, 0.2) is 77.7 Å². The minimum Gasteiger partial charge on any atom is -0.491 e. The Kier molecular flexibility index (Phi) is 6.97. The van der Waals surface area contributed by atoms with Crippen LogP contribution >= 0.6 is 0 Å². The van der Waals surface area contributed by atoms with E-state index in [1.54, 1.807) is 42.5 Å². The lowest BCUT2D eigenvalue weighted by molar-refractivity contribution is 0.0926. The fourth-order valence-electron chi connectivity index (χ4n) is 2.94. The first kappa shape index (κ1) is 22.4. The fraction of sp³-hybridized carbons (Fsp3) is 0.208. The SMILES string of the molecule is Cc1ccc(S(=O)(=O)Nc2cccc(C(=O)N[C@@H](C)COc3ccccc3C)c2)cc1. The number of para-hydroxylation sites is 1. The molecule has 162 valence electrons. The maximum Gasteiger partial charge on any atom is 0.261 e. The van der Waals surface area contributed by atoms with Gasteiger partial charge in [0.25, 0.3) is 15.9 Å². The second-order valence-corrected chi connectivity index (χ2v) is 9.13. The van der Waals surface area contributed by atoms with Gasteiger partial charge in [0.05, 0.1) is 10.9 Å². The van der Waals surface area contributed by atoms with Crippen molar-refractivity contribution >= 4 is 21.6 Å². The van der Waals surface area contributed by atoms with Crippen molar-refractivity contribution in [2.24, 2.45) is 0 Å². The zero-order valence-electron chi connectivity index (χ0n) is 17.8. The largest absolute Gasteiger partial charge is 0.491 e. The van der Waals surface area contributed by atoms with Gasteiger partial charge in [-0.2, -0.15) is 0 Å². The van der Waals surface area contributed by atoms with E-state index >= 15 is 0 Å². The average Bonchev–Trinajstić information content (AvgIpc) is 2.73. The summed E-state index contributed by atoms with van der Waals surface area (Å²) >= 11 is 0. The Labute approximate surface area is 183 Å². The molecular weight excluding hydrogens is 412 g/mol. The minimum absolute atomic E-state index is 0.162. The van der Waals surface area contributed by atoms with Gasteiger partial charge in [-0.1, -0.05) is 42.0 Å². The number of carbonyl (C=O) groups is 1. The zero-order chi connectivity index (χ0) is 22.4. The number of ether oxygens (including phenoxy) is 1. The van der Waals surface area contributed by atoms with E-state index in [2.05, 4.69) is 10.0 Å². The molecular formula is C24H26N2O4S. The summed E-state index contributed by atoms with van der Waals surface area (Å²) in [5.41, 5.74) is 2.66. The second kappa shape index (κ2) is 9.66. The van der Waals surface area contributed by atoms with Crippen LogP contribution in [0.2, 0.25) is 0 Å². The summed E-state index contributed by atoms with van der Waals surface area (Å²) in [6.45, 7) is 6.01. The van der Waals surface area contributed by atoms with Crippen LogP contribution in [0.3, 0.4) is 0 Å². The lowest BCUT2D eigenvalue weighted by Crippen LogP contribution is -2.36. The molecule has 3 aromatic rings. The number of hydrogen-bond acceptors (Lipinski definition) is 4. The predicted molar refractivity (Wildman–Crippen MR) is 122 cm³/mol. The number of carbonyl (C=O) groups excluding carboxylic acids is 1. The van der Waals surface area contributed by atoms with Gasteiger partial charge < -0.3 is 10.1 Å².